The molecule has 1 rings (SSSR count). The maximum absolute atomic E-state index is 5.50. The van der Waals surface area contributed by atoms with Crippen molar-refractivity contribution >= 4 is 5.95 Å². The molecule has 0 aliphatic carbocycles. The summed E-state index contributed by atoms with van der Waals surface area (Å²) < 4.78 is 25.7. The molecule has 1 aromatic rings. The molecule has 0 aliphatic heterocycles. The summed E-state index contributed by atoms with van der Waals surface area (Å²) in [6, 6.07) is 1.56. The minimum absolute atomic E-state index is 0.104. The second kappa shape index (κ2) is 10.2. The smallest absolute Gasteiger partial charge is 0.226 e. The number of nitrogens with zero attached hydrogens (tertiary/aromatic N) is 2. The van der Waals surface area contributed by atoms with Crippen molar-refractivity contribution in [3.05, 3.63) is 6.07 Å². The van der Waals surface area contributed by atoms with Crippen LogP contribution >= 0.6 is 0 Å². The van der Waals surface area contributed by atoms with Gasteiger partial charge >= 0.3 is 0 Å². The van der Waals surface area contributed by atoms with Crippen molar-refractivity contribution in [1.82, 2.24) is 9.97 Å². The average Bonchev–Trinajstić information content (AvgIpc) is 2.45. The number of methoxy groups -OCH3 is 2. The molecule has 1 heterocycles. The highest BCUT2D eigenvalue weighted by Gasteiger charge is 2.03. The number of nitrogen functional groups attached to an aromatic ring is 1. The van der Waals surface area contributed by atoms with Crippen LogP contribution in [0, 0.1) is 0 Å². The number of ether oxygens (including phenoxy) is 5. The molecular weight excluding hydrogens is 266 g/mol. The van der Waals surface area contributed by atoms with Gasteiger partial charge in [-0.1, -0.05) is 0 Å². The monoisotopic (exact) mass is 287 g/mol. The van der Waals surface area contributed by atoms with E-state index in [1.54, 1.807) is 13.2 Å². The largest absolute Gasteiger partial charge is 0.481 e. The van der Waals surface area contributed by atoms with Crippen LogP contribution in [0.1, 0.15) is 0 Å². The Morgan fingerprint density at radius 3 is 2.15 bits per heavy atom. The van der Waals surface area contributed by atoms with Crippen LogP contribution in [0.5, 0.6) is 11.8 Å². The number of rotatable bonds is 11. The molecule has 0 bridgehead atoms. The van der Waals surface area contributed by atoms with Crippen LogP contribution in [-0.4, -0.2) is 63.8 Å². The zero-order valence-corrected chi connectivity index (χ0v) is 11.8. The first-order valence-corrected chi connectivity index (χ1v) is 6.22. The summed E-state index contributed by atoms with van der Waals surface area (Å²) >= 11 is 0. The van der Waals surface area contributed by atoms with Crippen molar-refractivity contribution in [2.24, 2.45) is 0 Å². The fourth-order valence-corrected chi connectivity index (χ4v) is 1.27. The Morgan fingerprint density at radius 1 is 0.900 bits per heavy atom. The third-order valence-electron chi connectivity index (χ3n) is 2.19. The number of hydrogen-bond acceptors (Lipinski definition) is 8. The van der Waals surface area contributed by atoms with Crippen LogP contribution in [-0.2, 0) is 14.2 Å². The van der Waals surface area contributed by atoms with Crippen molar-refractivity contribution in [2.45, 2.75) is 0 Å². The van der Waals surface area contributed by atoms with E-state index in [0.717, 1.165) is 0 Å². The maximum Gasteiger partial charge on any atom is 0.226 e. The highest BCUT2D eigenvalue weighted by atomic mass is 16.6. The number of nitrogens with two attached hydrogens (primary N) is 1. The van der Waals surface area contributed by atoms with Gasteiger partial charge in [0.1, 0.15) is 6.61 Å². The van der Waals surface area contributed by atoms with Crippen LogP contribution in [0.3, 0.4) is 0 Å². The van der Waals surface area contributed by atoms with Gasteiger partial charge in [0.2, 0.25) is 17.7 Å². The lowest BCUT2D eigenvalue weighted by molar-refractivity contribution is 0.0176. The molecule has 8 heteroatoms. The van der Waals surface area contributed by atoms with Crippen LogP contribution < -0.4 is 15.2 Å². The number of anilines is 1. The second-order valence-electron chi connectivity index (χ2n) is 3.67. The van der Waals surface area contributed by atoms with Gasteiger partial charge in [0.15, 0.2) is 0 Å². The van der Waals surface area contributed by atoms with Crippen LogP contribution in [0.15, 0.2) is 6.07 Å². The van der Waals surface area contributed by atoms with Crippen molar-refractivity contribution in [3.63, 3.8) is 0 Å². The maximum atomic E-state index is 5.50. The quantitative estimate of drug-likeness (QED) is 0.573. The fraction of sp³-hybridized carbons (Fsp3) is 0.667. The van der Waals surface area contributed by atoms with Crippen LogP contribution in [0.2, 0.25) is 0 Å². The normalized spacial score (nSPS) is 10.5. The van der Waals surface area contributed by atoms with Crippen LogP contribution in [0.25, 0.3) is 0 Å². The Balaban J connectivity index is 2.08. The first-order valence-electron chi connectivity index (χ1n) is 6.22. The highest BCUT2D eigenvalue weighted by molar-refractivity contribution is 5.29. The Labute approximate surface area is 118 Å². The van der Waals surface area contributed by atoms with Gasteiger partial charge in [-0.3, -0.25) is 0 Å². The van der Waals surface area contributed by atoms with E-state index in [2.05, 4.69) is 9.97 Å². The Hall–Kier alpha value is -1.64. The number of aromatic nitrogens is 2. The molecule has 0 saturated carbocycles. The summed E-state index contributed by atoms with van der Waals surface area (Å²) in [5.74, 6) is 0.820. The van der Waals surface area contributed by atoms with Gasteiger partial charge < -0.3 is 29.4 Å². The molecule has 0 radical (unpaired) electrons. The van der Waals surface area contributed by atoms with Crippen molar-refractivity contribution in [3.8, 4) is 11.8 Å². The molecule has 0 aromatic carbocycles. The molecular formula is C12H21N3O5. The van der Waals surface area contributed by atoms with Crippen molar-refractivity contribution in [2.75, 3.05) is 59.6 Å². The Kier molecular flexibility index (Phi) is 8.36. The van der Waals surface area contributed by atoms with Crippen molar-refractivity contribution < 1.29 is 23.7 Å². The fourth-order valence-electron chi connectivity index (χ4n) is 1.27. The zero-order valence-electron chi connectivity index (χ0n) is 11.8. The molecule has 0 saturated heterocycles. The molecule has 8 nitrogen and oxygen atoms in total. The SMILES string of the molecule is COCCOCCOCCOc1cc(OC)nc(N)n1. The van der Waals surface area contributed by atoms with E-state index >= 15 is 0 Å². The third kappa shape index (κ3) is 7.07. The molecule has 1 aromatic heterocycles. The van der Waals surface area contributed by atoms with Crippen molar-refractivity contribution in [1.29, 1.82) is 0 Å². The summed E-state index contributed by atoms with van der Waals surface area (Å²) in [7, 11) is 3.13. The third-order valence-corrected chi connectivity index (χ3v) is 2.19. The van der Waals surface area contributed by atoms with E-state index in [-0.39, 0.29) is 5.95 Å². The lowest BCUT2D eigenvalue weighted by atomic mass is 10.6. The zero-order chi connectivity index (χ0) is 14.6. The lowest BCUT2D eigenvalue weighted by Gasteiger charge is -2.08. The Bertz CT molecular complexity index is 378. The van der Waals surface area contributed by atoms with Gasteiger partial charge in [-0.2, -0.15) is 9.97 Å². The molecule has 114 valence electrons. The molecule has 0 spiro atoms. The Morgan fingerprint density at radius 2 is 1.50 bits per heavy atom. The van der Waals surface area contributed by atoms with E-state index < -0.39 is 0 Å². The summed E-state index contributed by atoms with van der Waals surface area (Å²) in [4.78, 5) is 7.77. The van der Waals surface area contributed by atoms with Gasteiger partial charge in [0.25, 0.3) is 0 Å². The first-order chi connectivity index (χ1) is 9.76. The standard InChI is InChI=1S/C12H21N3O5/c1-16-3-4-18-5-6-19-7-8-20-11-9-10(17-2)14-12(13)15-11/h9H,3-8H2,1-2H3,(H2,13,14,15). The molecule has 20 heavy (non-hydrogen) atoms. The van der Waals surface area contributed by atoms with Gasteiger partial charge in [-0.05, 0) is 0 Å². The minimum Gasteiger partial charge on any atom is -0.481 e. The van der Waals surface area contributed by atoms with Gasteiger partial charge in [-0.25, -0.2) is 0 Å². The average molecular weight is 287 g/mol. The van der Waals surface area contributed by atoms with Crippen LogP contribution in [0.4, 0.5) is 5.95 Å². The lowest BCUT2D eigenvalue weighted by Crippen LogP contribution is -2.13. The highest BCUT2D eigenvalue weighted by Crippen LogP contribution is 2.15. The molecule has 2 N–H and O–H groups in total. The molecule has 0 unspecified atom stereocenters. The molecule has 0 amide bonds. The van der Waals surface area contributed by atoms with E-state index in [4.69, 9.17) is 29.4 Å². The topological polar surface area (TPSA) is 98.0 Å². The molecule has 0 fully saturated rings. The minimum atomic E-state index is 0.104. The van der Waals surface area contributed by atoms with Gasteiger partial charge in [-0.15, -0.1) is 0 Å². The van der Waals surface area contributed by atoms with E-state index in [9.17, 15) is 0 Å². The predicted molar refractivity (Wildman–Crippen MR) is 72.0 cm³/mol. The first kappa shape index (κ1) is 16.4. The van der Waals surface area contributed by atoms with Gasteiger partial charge in [0.05, 0.1) is 46.2 Å². The summed E-state index contributed by atoms with van der Waals surface area (Å²) in [6.07, 6.45) is 0. The summed E-state index contributed by atoms with van der Waals surface area (Å²) in [5, 5.41) is 0. The molecule has 0 aliphatic rings. The molecule has 0 atom stereocenters. The summed E-state index contributed by atoms with van der Waals surface area (Å²) in [6.45, 7) is 2.97. The predicted octanol–water partition coefficient (Wildman–Crippen LogP) is 0.126. The van der Waals surface area contributed by atoms with Gasteiger partial charge in [0, 0.05) is 7.11 Å². The van der Waals surface area contributed by atoms with E-state index in [1.165, 1.54) is 7.11 Å². The summed E-state index contributed by atoms with van der Waals surface area (Å²) in [5.41, 5.74) is 5.50. The van der Waals surface area contributed by atoms with E-state index in [0.29, 0.717) is 51.4 Å². The van der Waals surface area contributed by atoms with E-state index in [1.807, 2.05) is 0 Å². The second-order valence-corrected chi connectivity index (χ2v) is 3.67. The number of hydrogen-bond donors (Lipinski definition) is 1.